The highest BCUT2D eigenvalue weighted by Gasteiger charge is 2.04. The SMILES string of the molecule is CCNC(=NCCc1csc(CC)n1)NCCc1cccc(C(=O)NC)c1.I. The Morgan fingerprint density at radius 2 is 2.04 bits per heavy atom. The number of aromatic nitrogens is 1. The molecule has 6 nitrogen and oxygen atoms in total. The molecule has 3 N–H and O–H groups in total. The van der Waals surface area contributed by atoms with Crippen molar-refractivity contribution in [3.8, 4) is 0 Å². The number of thiazole rings is 1. The van der Waals surface area contributed by atoms with Gasteiger partial charge in [0, 0.05) is 44.0 Å². The van der Waals surface area contributed by atoms with Gasteiger partial charge in [-0.25, -0.2) is 4.98 Å². The van der Waals surface area contributed by atoms with Crippen LogP contribution in [0.2, 0.25) is 0 Å². The van der Waals surface area contributed by atoms with Gasteiger partial charge in [0.2, 0.25) is 0 Å². The van der Waals surface area contributed by atoms with E-state index >= 15 is 0 Å². The minimum absolute atomic E-state index is 0. The fourth-order valence-corrected chi connectivity index (χ4v) is 3.37. The summed E-state index contributed by atoms with van der Waals surface area (Å²) in [6.07, 6.45) is 2.65. The Balaban J connectivity index is 0.00000392. The molecule has 1 aromatic heterocycles. The Kier molecular flexibility index (Phi) is 11.7. The van der Waals surface area contributed by atoms with E-state index in [0.717, 1.165) is 49.6 Å². The average Bonchev–Trinajstić information content (AvgIpc) is 3.15. The molecule has 154 valence electrons. The molecule has 0 spiro atoms. The summed E-state index contributed by atoms with van der Waals surface area (Å²) in [5.74, 6) is 0.749. The zero-order chi connectivity index (χ0) is 19.5. The van der Waals surface area contributed by atoms with Gasteiger partial charge in [-0.2, -0.15) is 0 Å². The first kappa shape index (κ1) is 24.4. The molecular formula is C20H30IN5OS. The number of nitrogens with one attached hydrogen (secondary N) is 3. The molecule has 1 heterocycles. The van der Waals surface area contributed by atoms with Crippen molar-refractivity contribution in [3.05, 3.63) is 51.5 Å². The standard InChI is InChI=1S/C20H29N5OS.HI/c1-4-18-25-17(14-27-18)10-12-24-20(22-5-2)23-11-9-15-7-6-8-16(13-15)19(26)21-3;/h6-8,13-14H,4-5,9-12H2,1-3H3,(H,21,26)(H2,22,23,24);1H. The smallest absolute Gasteiger partial charge is 0.251 e. The summed E-state index contributed by atoms with van der Waals surface area (Å²) in [7, 11) is 1.64. The van der Waals surface area contributed by atoms with Crippen LogP contribution in [0.3, 0.4) is 0 Å². The highest BCUT2D eigenvalue weighted by Crippen LogP contribution is 2.10. The molecule has 0 unspecified atom stereocenters. The highest BCUT2D eigenvalue weighted by atomic mass is 127. The number of benzene rings is 1. The molecule has 0 aliphatic heterocycles. The summed E-state index contributed by atoms with van der Waals surface area (Å²) in [4.78, 5) is 20.9. The normalized spacial score (nSPS) is 10.9. The summed E-state index contributed by atoms with van der Waals surface area (Å²) in [6.45, 7) is 6.44. The van der Waals surface area contributed by atoms with Crippen molar-refractivity contribution in [1.82, 2.24) is 20.9 Å². The second kappa shape index (κ2) is 13.5. The minimum atomic E-state index is -0.0621. The molecule has 0 saturated carbocycles. The quantitative estimate of drug-likeness (QED) is 0.273. The lowest BCUT2D eigenvalue weighted by Gasteiger charge is -2.11. The van der Waals surface area contributed by atoms with E-state index in [9.17, 15) is 4.79 Å². The van der Waals surface area contributed by atoms with E-state index in [4.69, 9.17) is 0 Å². The highest BCUT2D eigenvalue weighted by molar-refractivity contribution is 14.0. The molecule has 0 aliphatic carbocycles. The summed E-state index contributed by atoms with van der Waals surface area (Å²) in [5.41, 5.74) is 2.92. The molecule has 2 aromatic rings. The van der Waals surface area contributed by atoms with Gasteiger partial charge < -0.3 is 16.0 Å². The van der Waals surface area contributed by atoms with Crippen LogP contribution in [-0.4, -0.2) is 43.5 Å². The van der Waals surface area contributed by atoms with E-state index < -0.39 is 0 Å². The fraction of sp³-hybridized carbons (Fsp3) is 0.450. The van der Waals surface area contributed by atoms with Crippen molar-refractivity contribution in [2.24, 2.45) is 4.99 Å². The van der Waals surface area contributed by atoms with Gasteiger partial charge in [-0.1, -0.05) is 19.1 Å². The first-order chi connectivity index (χ1) is 13.2. The van der Waals surface area contributed by atoms with Crippen LogP contribution in [0.4, 0.5) is 0 Å². The monoisotopic (exact) mass is 515 g/mol. The maximum absolute atomic E-state index is 11.7. The van der Waals surface area contributed by atoms with E-state index in [1.165, 1.54) is 5.01 Å². The number of guanidine groups is 1. The molecular weight excluding hydrogens is 485 g/mol. The lowest BCUT2D eigenvalue weighted by atomic mass is 10.1. The van der Waals surface area contributed by atoms with Crippen LogP contribution in [0.25, 0.3) is 0 Å². The van der Waals surface area contributed by atoms with Crippen molar-refractivity contribution in [2.45, 2.75) is 33.1 Å². The number of rotatable bonds is 9. The summed E-state index contributed by atoms with van der Waals surface area (Å²) in [6, 6.07) is 7.70. The number of amides is 1. The number of aryl methyl sites for hydroxylation is 1. The van der Waals surface area contributed by atoms with E-state index in [0.29, 0.717) is 12.1 Å². The van der Waals surface area contributed by atoms with E-state index in [-0.39, 0.29) is 29.9 Å². The van der Waals surface area contributed by atoms with E-state index in [2.05, 4.69) is 45.2 Å². The lowest BCUT2D eigenvalue weighted by molar-refractivity contribution is 0.0963. The number of hydrogen-bond donors (Lipinski definition) is 3. The number of aliphatic imine (C=N–C) groups is 1. The zero-order valence-corrected chi connectivity index (χ0v) is 19.9. The average molecular weight is 515 g/mol. The molecule has 0 radical (unpaired) electrons. The van der Waals surface area contributed by atoms with Crippen molar-refractivity contribution >= 4 is 47.2 Å². The Morgan fingerprint density at radius 1 is 1.21 bits per heavy atom. The van der Waals surface area contributed by atoms with E-state index in [1.807, 2.05) is 24.3 Å². The number of carbonyl (C=O) groups is 1. The molecule has 8 heteroatoms. The lowest BCUT2D eigenvalue weighted by Crippen LogP contribution is -2.38. The molecule has 0 atom stereocenters. The van der Waals surface area contributed by atoms with Crippen LogP contribution in [-0.2, 0) is 19.3 Å². The molecule has 28 heavy (non-hydrogen) atoms. The molecule has 0 saturated heterocycles. The topological polar surface area (TPSA) is 78.4 Å². The number of halogens is 1. The molecule has 0 aliphatic rings. The van der Waals surface area contributed by atoms with Gasteiger partial charge >= 0.3 is 0 Å². The number of hydrogen-bond acceptors (Lipinski definition) is 4. The molecule has 2 rings (SSSR count). The van der Waals surface area contributed by atoms with Crippen LogP contribution < -0.4 is 16.0 Å². The fourth-order valence-electron chi connectivity index (χ4n) is 2.59. The number of carbonyl (C=O) groups excluding carboxylic acids is 1. The van der Waals surface area contributed by atoms with Crippen LogP contribution >= 0.6 is 35.3 Å². The first-order valence-corrected chi connectivity index (χ1v) is 10.3. The van der Waals surface area contributed by atoms with Crippen LogP contribution in [0.1, 0.15) is 40.5 Å². The first-order valence-electron chi connectivity index (χ1n) is 9.42. The van der Waals surface area contributed by atoms with Crippen LogP contribution in [0.5, 0.6) is 0 Å². The molecule has 1 amide bonds. The van der Waals surface area contributed by atoms with E-state index in [1.54, 1.807) is 18.4 Å². The van der Waals surface area contributed by atoms with Crippen molar-refractivity contribution in [1.29, 1.82) is 0 Å². The zero-order valence-electron chi connectivity index (χ0n) is 16.7. The van der Waals surface area contributed by atoms with Gasteiger partial charge in [0.25, 0.3) is 5.91 Å². The third-order valence-electron chi connectivity index (χ3n) is 4.01. The summed E-state index contributed by atoms with van der Waals surface area (Å²) >= 11 is 1.72. The van der Waals surface area contributed by atoms with Crippen molar-refractivity contribution in [2.75, 3.05) is 26.7 Å². The maximum Gasteiger partial charge on any atom is 0.251 e. The third-order valence-corrected chi connectivity index (χ3v) is 5.05. The minimum Gasteiger partial charge on any atom is -0.357 e. The second-order valence-electron chi connectivity index (χ2n) is 6.05. The van der Waals surface area contributed by atoms with Crippen LogP contribution in [0, 0.1) is 0 Å². The Hall–Kier alpha value is -1.68. The maximum atomic E-state index is 11.7. The third kappa shape index (κ3) is 8.14. The van der Waals surface area contributed by atoms with Gasteiger partial charge in [0.1, 0.15) is 0 Å². The molecule has 0 bridgehead atoms. The van der Waals surface area contributed by atoms with Crippen LogP contribution in [0.15, 0.2) is 34.6 Å². The Labute approximate surface area is 188 Å². The second-order valence-corrected chi connectivity index (χ2v) is 7.00. The predicted molar refractivity (Wildman–Crippen MR) is 128 cm³/mol. The summed E-state index contributed by atoms with van der Waals surface area (Å²) in [5, 5.41) is 12.6. The van der Waals surface area contributed by atoms with Gasteiger partial charge in [-0.15, -0.1) is 35.3 Å². The van der Waals surface area contributed by atoms with Gasteiger partial charge in [-0.3, -0.25) is 9.79 Å². The van der Waals surface area contributed by atoms with Crippen molar-refractivity contribution in [3.63, 3.8) is 0 Å². The summed E-state index contributed by atoms with van der Waals surface area (Å²) < 4.78 is 0. The molecule has 1 aromatic carbocycles. The van der Waals surface area contributed by atoms with Crippen molar-refractivity contribution < 1.29 is 4.79 Å². The largest absolute Gasteiger partial charge is 0.357 e. The van der Waals surface area contributed by atoms with Gasteiger partial charge in [0.15, 0.2) is 5.96 Å². The number of nitrogens with zero attached hydrogens (tertiary/aromatic N) is 2. The predicted octanol–water partition coefficient (Wildman–Crippen LogP) is 3.02. The Morgan fingerprint density at radius 3 is 2.71 bits per heavy atom. The Bertz CT molecular complexity index is 763. The van der Waals surface area contributed by atoms with Gasteiger partial charge in [-0.05, 0) is 37.5 Å². The molecule has 0 fully saturated rings. The van der Waals surface area contributed by atoms with Gasteiger partial charge in [0.05, 0.1) is 10.7 Å².